The van der Waals surface area contributed by atoms with Gasteiger partial charge in [-0.3, -0.25) is 9.78 Å². The number of aryl methyl sites for hydroxylation is 1. The van der Waals surface area contributed by atoms with Crippen molar-refractivity contribution in [3.8, 4) is 0 Å². The Kier molecular flexibility index (Phi) is 2.78. The van der Waals surface area contributed by atoms with Gasteiger partial charge in [0.1, 0.15) is 0 Å². The van der Waals surface area contributed by atoms with Crippen LogP contribution >= 0.6 is 0 Å². The molecule has 2 N–H and O–H groups in total. The molecule has 21 heavy (non-hydrogen) atoms. The van der Waals surface area contributed by atoms with E-state index in [0.717, 1.165) is 0 Å². The number of methoxy groups -OCH3 is 1. The number of nitrogens with one attached hydrogen (secondary N) is 2. The number of aromatic amines is 1. The highest BCUT2D eigenvalue weighted by Gasteiger charge is 2.53. The Hall–Kier alpha value is -1.89. The predicted molar refractivity (Wildman–Crippen MR) is 78.2 cm³/mol. The van der Waals surface area contributed by atoms with E-state index >= 15 is 0 Å². The summed E-state index contributed by atoms with van der Waals surface area (Å²) in [7, 11) is 3.54. The molecule has 7 heteroatoms. The van der Waals surface area contributed by atoms with Crippen molar-refractivity contribution < 1.29 is 4.74 Å². The SMILES string of the molecule is COC1C2CCCC2C1Nc1nc2ncn(C)c2c(=O)[nH]1. The molecule has 2 aliphatic carbocycles. The number of hydrogen-bond acceptors (Lipinski definition) is 5. The molecule has 2 aliphatic rings. The van der Waals surface area contributed by atoms with Crippen molar-refractivity contribution >= 4 is 17.1 Å². The molecule has 0 saturated heterocycles. The minimum Gasteiger partial charge on any atom is -0.379 e. The lowest BCUT2D eigenvalue weighted by Crippen LogP contribution is -2.58. The van der Waals surface area contributed by atoms with E-state index < -0.39 is 0 Å². The van der Waals surface area contributed by atoms with Crippen LogP contribution in [0.15, 0.2) is 11.1 Å². The van der Waals surface area contributed by atoms with Gasteiger partial charge in [-0.1, -0.05) is 6.42 Å². The summed E-state index contributed by atoms with van der Waals surface area (Å²) in [5.74, 6) is 1.76. The molecule has 0 radical (unpaired) electrons. The quantitative estimate of drug-likeness (QED) is 0.876. The van der Waals surface area contributed by atoms with Gasteiger partial charge in [-0.05, 0) is 24.7 Å². The van der Waals surface area contributed by atoms with Gasteiger partial charge >= 0.3 is 0 Å². The standard InChI is InChI=1S/C14H19N5O2/c1-19-6-15-12-10(19)13(20)18-14(17-12)16-9-7-4-3-5-8(7)11(9)21-2/h6-9,11H,3-5H2,1-2H3,(H2,16,17,18,20). The third-order valence-corrected chi connectivity index (χ3v) is 5.02. The zero-order valence-corrected chi connectivity index (χ0v) is 12.2. The molecule has 0 aromatic carbocycles. The van der Waals surface area contributed by atoms with Crippen molar-refractivity contribution in [3.63, 3.8) is 0 Å². The lowest BCUT2D eigenvalue weighted by molar-refractivity contribution is -0.0610. The van der Waals surface area contributed by atoms with E-state index in [9.17, 15) is 4.79 Å². The Labute approximate surface area is 121 Å². The molecule has 2 fully saturated rings. The monoisotopic (exact) mass is 289 g/mol. The van der Waals surface area contributed by atoms with Crippen molar-refractivity contribution in [1.29, 1.82) is 0 Å². The molecule has 0 aliphatic heterocycles. The van der Waals surface area contributed by atoms with Gasteiger partial charge in [0.15, 0.2) is 11.2 Å². The summed E-state index contributed by atoms with van der Waals surface area (Å²) in [5, 5.41) is 3.35. The number of nitrogens with zero attached hydrogens (tertiary/aromatic N) is 3. The lowest BCUT2D eigenvalue weighted by atomic mass is 9.68. The van der Waals surface area contributed by atoms with E-state index in [2.05, 4.69) is 20.3 Å². The molecular weight excluding hydrogens is 270 g/mol. The van der Waals surface area contributed by atoms with Crippen LogP contribution in [-0.4, -0.2) is 38.8 Å². The first kappa shape index (κ1) is 12.8. The van der Waals surface area contributed by atoms with Crippen molar-refractivity contribution in [2.45, 2.75) is 31.4 Å². The van der Waals surface area contributed by atoms with Crippen LogP contribution in [0.4, 0.5) is 5.95 Å². The van der Waals surface area contributed by atoms with Gasteiger partial charge in [-0.2, -0.15) is 4.98 Å². The molecule has 4 unspecified atom stereocenters. The van der Waals surface area contributed by atoms with Crippen LogP contribution in [-0.2, 0) is 11.8 Å². The second kappa shape index (κ2) is 4.56. The molecule has 2 aromatic heterocycles. The van der Waals surface area contributed by atoms with E-state index in [1.54, 1.807) is 25.1 Å². The van der Waals surface area contributed by atoms with Gasteiger partial charge in [0.25, 0.3) is 5.56 Å². The molecule has 2 heterocycles. The number of aromatic nitrogens is 4. The van der Waals surface area contributed by atoms with Crippen molar-refractivity contribution in [1.82, 2.24) is 19.5 Å². The summed E-state index contributed by atoms with van der Waals surface area (Å²) in [6.07, 6.45) is 5.53. The summed E-state index contributed by atoms with van der Waals surface area (Å²) in [5.41, 5.74) is 0.801. The third-order valence-electron chi connectivity index (χ3n) is 5.02. The minimum atomic E-state index is -0.168. The van der Waals surface area contributed by atoms with Crippen LogP contribution in [0, 0.1) is 11.8 Å². The first-order valence-electron chi connectivity index (χ1n) is 7.39. The van der Waals surface area contributed by atoms with Gasteiger partial charge < -0.3 is 14.6 Å². The summed E-state index contributed by atoms with van der Waals surface area (Å²) in [6, 6.07) is 0.229. The van der Waals surface area contributed by atoms with E-state index in [1.165, 1.54) is 19.3 Å². The maximum absolute atomic E-state index is 12.1. The van der Waals surface area contributed by atoms with Crippen LogP contribution in [0.1, 0.15) is 19.3 Å². The van der Waals surface area contributed by atoms with Gasteiger partial charge in [0.2, 0.25) is 5.95 Å². The zero-order chi connectivity index (χ0) is 14.6. The van der Waals surface area contributed by atoms with Gasteiger partial charge in [0, 0.05) is 14.2 Å². The van der Waals surface area contributed by atoms with Crippen LogP contribution in [0.5, 0.6) is 0 Å². The third kappa shape index (κ3) is 1.80. The summed E-state index contributed by atoms with van der Waals surface area (Å²) >= 11 is 0. The lowest BCUT2D eigenvalue weighted by Gasteiger charge is -2.48. The van der Waals surface area contributed by atoms with E-state index in [1.807, 2.05) is 0 Å². The van der Waals surface area contributed by atoms with Gasteiger partial charge in [0.05, 0.1) is 18.5 Å². The van der Waals surface area contributed by atoms with Crippen molar-refractivity contribution in [2.24, 2.45) is 18.9 Å². The van der Waals surface area contributed by atoms with Crippen LogP contribution < -0.4 is 10.9 Å². The average molecular weight is 289 g/mol. The fourth-order valence-electron chi connectivity index (χ4n) is 4.03. The number of hydrogen-bond donors (Lipinski definition) is 2. The molecule has 0 bridgehead atoms. The first-order valence-corrected chi connectivity index (χ1v) is 7.39. The highest BCUT2D eigenvalue weighted by Crippen LogP contribution is 2.49. The molecule has 0 amide bonds. The number of rotatable bonds is 3. The topological polar surface area (TPSA) is 84.8 Å². The Morgan fingerprint density at radius 1 is 1.43 bits per heavy atom. The smallest absolute Gasteiger partial charge is 0.278 e. The molecule has 2 aromatic rings. The van der Waals surface area contributed by atoms with Crippen LogP contribution in [0.2, 0.25) is 0 Å². The second-order valence-electron chi connectivity index (χ2n) is 6.07. The summed E-state index contributed by atoms with van der Waals surface area (Å²) < 4.78 is 7.28. The fraction of sp³-hybridized carbons (Fsp3) is 0.643. The minimum absolute atomic E-state index is 0.168. The highest BCUT2D eigenvalue weighted by molar-refractivity contribution is 5.70. The highest BCUT2D eigenvalue weighted by atomic mass is 16.5. The van der Waals surface area contributed by atoms with Gasteiger partial charge in [-0.15, -0.1) is 0 Å². The van der Waals surface area contributed by atoms with E-state index in [-0.39, 0.29) is 17.7 Å². The predicted octanol–water partition coefficient (Wildman–Crippen LogP) is 0.882. The average Bonchev–Trinajstić information content (AvgIpc) is 3.02. The molecule has 4 rings (SSSR count). The summed E-state index contributed by atoms with van der Waals surface area (Å²) in [6.45, 7) is 0. The number of anilines is 1. The van der Waals surface area contributed by atoms with Crippen LogP contribution in [0.25, 0.3) is 11.2 Å². The number of fused-ring (bicyclic) bond motifs is 2. The van der Waals surface area contributed by atoms with Crippen molar-refractivity contribution in [3.05, 3.63) is 16.7 Å². The Balaban J connectivity index is 1.64. The summed E-state index contributed by atoms with van der Waals surface area (Å²) in [4.78, 5) is 23.5. The number of imidazole rings is 1. The normalized spacial score (nSPS) is 31.1. The number of ether oxygens (including phenoxy) is 1. The first-order chi connectivity index (χ1) is 10.2. The second-order valence-corrected chi connectivity index (χ2v) is 6.07. The Morgan fingerprint density at radius 2 is 2.24 bits per heavy atom. The maximum atomic E-state index is 12.1. The molecular formula is C14H19N5O2. The molecule has 2 saturated carbocycles. The Bertz CT molecular complexity index is 737. The van der Waals surface area contributed by atoms with E-state index in [4.69, 9.17) is 4.74 Å². The molecule has 7 nitrogen and oxygen atoms in total. The number of H-pyrrole nitrogens is 1. The fourth-order valence-corrected chi connectivity index (χ4v) is 4.03. The van der Waals surface area contributed by atoms with E-state index in [0.29, 0.717) is 28.9 Å². The Morgan fingerprint density at radius 3 is 3.05 bits per heavy atom. The van der Waals surface area contributed by atoms with Gasteiger partial charge in [-0.25, -0.2) is 4.98 Å². The molecule has 112 valence electrons. The van der Waals surface area contributed by atoms with Crippen LogP contribution in [0.3, 0.4) is 0 Å². The van der Waals surface area contributed by atoms with Crippen molar-refractivity contribution in [2.75, 3.05) is 12.4 Å². The maximum Gasteiger partial charge on any atom is 0.278 e. The largest absolute Gasteiger partial charge is 0.379 e. The zero-order valence-electron chi connectivity index (χ0n) is 12.2. The molecule has 0 spiro atoms. The molecule has 4 atom stereocenters.